The van der Waals surface area contributed by atoms with Gasteiger partial charge in [0.15, 0.2) is 0 Å². The molecule has 0 aromatic heterocycles. The Morgan fingerprint density at radius 2 is 0.755 bits per heavy atom. The summed E-state index contributed by atoms with van der Waals surface area (Å²) in [5.74, 6) is 0. The lowest BCUT2D eigenvalue weighted by Crippen LogP contribution is -2.17. The van der Waals surface area contributed by atoms with Gasteiger partial charge in [-0.25, -0.2) is 0 Å². The number of fused-ring (bicyclic) bond motifs is 13. The van der Waals surface area contributed by atoms with Crippen molar-refractivity contribution in [1.82, 2.24) is 0 Å². The predicted molar refractivity (Wildman–Crippen MR) is 227 cm³/mol. The van der Waals surface area contributed by atoms with Crippen molar-refractivity contribution in [3.8, 4) is 44.5 Å². The van der Waals surface area contributed by atoms with Crippen LogP contribution in [-0.2, 0) is 10.8 Å². The summed E-state index contributed by atoms with van der Waals surface area (Å²) >= 11 is 0. The third-order valence-corrected chi connectivity index (χ3v) is 13.0. The molecule has 0 saturated carbocycles. The summed E-state index contributed by atoms with van der Waals surface area (Å²) in [5, 5.41) is 10.6. The van der Waals surface area contributed by atoms with Gasteiger partial charge in [-0.3, -0.25) is 0 Å². The summed E-state index contributed by atoms with van der Waals surface area (Å²) in [6.45, 7) is 12.0. The average Bonchev–Trinajstić information content (AvgIpc) is 3.55. The first kappa shape index (κ1) is 30.6. The number of benzene rings is 9. The van der Waals surface area contributed by atoms with Crippen molar-refractivity contribution in [2.75, 3.05) is 0 Å². The minimum Gasteiger partial charge on any atom is -0.0622 e. The summed E-state index contributed by atoms with van der Waals surface area (Å²) in [6.07, 6.45) is 0. The second-order valence-corrected chi connectivity index (χ2v) is 16.5. The highest BCUT2D eigenvalue weighted by Gasteiger charge is 2.43. The van der Waals surface area contributed by atoms with E-state index in [9.17, 15) is 0 Å². The van der Waals surface area contributed by atoms with E-state index in [0.29, 0.717) is 0 Å². The summed E-state index contributed by atoms with van der Waals surface area (Å²) in [6, 6.07) is 57.4. The first-order valence-electron chi connectivity index (χ1n) is 19.0. The Kier molecular flexibility index (Phi) is 6.10. The minimum absolute atomic E-state index is 0.108. The maximum absolute atomic E-state index is 2.58. The zero-order chi connectivity index (χ0) is 35.8. The first-order valence-corrected chi connectivity index (χ1v) is 19.0. The normalized spacial score (nSPS) is 14.8. The van der Waals surface area contributed by atoms with Crippen molar-refractivity contribution in [2.24, 2.45) is 0 Å². The molecule has 11 rings (SSSR count). The molecule has 9 aromatic rings. The van der Waals surface area contributed by atoms with Crippen LogP contribution in [0.3, 0.4) is 0 Å². The Morgan fingerprint density at radius 1 is 0.321 bits per heavy atom. The van der Waals surface area contributed by atoms with Crippen molar-refractivity contribution >= 4 is 43.1 Å². The number of hydrogen-bond acceptors (Lipinski definition) is 0. The number of aryl methyl sites for hydroxylation is 1. The van der Waals surface area contributed by atoms with Gasteiger partial charge in [-0.2, -0.15) is 0 Å². The van der Waals surface area contributed by atoms with E-state index in [-0.39, 0.29) is 10.8 Å². The molecule has 252 valence electrons. The Morgan fingerprint density at radius 3 is 1.38 bits per heavy atom. The van der Waals surface area contributed by atoms with E-state index in [4.69, 9.17) is 0 Å². The van der Waals surface area contributed by atoms with E-state index in [1.807, 2.05) is 0 Å². The molecule has 2 aliphatic carbocycles. The highest BCUT2D eigenvalue weighted by atomic mass is 14.5. The summed E-state index contributed by atoms with van der Waals surface area (Å²) in [4.78, 5) is 0. The summed E-state index contributed by atoms with van der Waals surface area (Å²) < 4.78 is 0. The van der Waals surface area contributed by atoms with Gasteiger partial charge in [0.2, 0.25) is 0 Å². The van der Waals surface area contributed by atoms with E-state index in [1.54, 1.807) is 0 Å². The Hall–Kier alpha value is -5.98. The van der Waals surface area contributed by atoms with Crippen LogP contribution in [-0.4, -0.2) is 0 Å². The highest BCUT2D eigenvalue weighted by Crippen LogP contribution is 2.59. The predicted octanol–water partition coefficient (Wildman–Crippen LogP) is 14.6. The molecule has 0 saturated heterocycles. The van der Waals surface area contributed by atoms with Gasteiger partial charge in [0.05, 0.1) is 0 Å². The molecule has 0 aliphatic heterocycles. The van der Waals surface area contributed by atoms with Crippen LogP contribution >= 0.6 is 0 Å². The fraction of sp³-hybridized carbons (Fsp3) is 0.132. The molecule has 0 heteroatoms. The maximum Gasteiger partial charge on any atom is 0.0159 e. The zero-order valence-corrected chi connectivity index (χ0v) is 30.9. The Labute approximate surface area is 311 Å². The molecule has 0 nitrogen and oxygen atoms in total. The van der Waals surface area contributed by atoms with Gasteiger partial charge >= 0.3 is 0 Å². The lowest BCUT2D eigenvalue weighted by Gasteiger charge is -2.24. The van der Waals surface area contributed by atoms with Crippen molar-refractivity contribution in [1.29, 1.82) is 0 Å². The molecule has 0 spiro atoms. The average molecular weight is 677 g/mol. The van der Waals surface area contributed by atoms with Crippen molar-refractivity contribution < 1.29 is 0 Å². The molecule has 0 atom stereocenters. The van der Waals surface area contributed by atoms with Crippen molar-refractivity contribution in [2.45, 2.75) is 45.4 Å². The molecule has 0 bridgehead atoms. The fourth-order valence-corrected chi connectivity index (χ4v) is 10.4. The van der Waals surface area contributed by atoms with E-state index in [0.717, 1.165) is 0 Å². The lowest BCUT2D eigenvalue weighted by atomic mass is 9.79. The van der Waals surface area contributed by atoms with Crippen molar-refractivity contribution in [3.63, 3.8) is 0 Å². The van der Waals surface area contributed by atoms with Crippen LogP contribution in [0, 0.1) is 6.92 Å². The third kappa shape index (κ3) is 3.96. The maximum atomic E-state index is 2.58. The van der Waals surface area contributed by atoms with Crippen LogP contribution in [0.4, 0.5) is 0 Å². The van der Waals surface area contributed by atoms with Crippen LogP contribution in [0.1, 0.15) is 55.5 Å². The molecule has 2 aliphatic rings. The monoisotopic (exact) mass is 676 g/mol. The van der Waals surface area contributed by atoms with Gasteiger partial charge < -0.3 is 0 Å². The van der Waals surface area contributed by atoms with Gasteiger partial charge in [0, 0.05) is 10.8 Å². The van der Waals surface area contributed by atoms with Crippen LogP contribution in [0.25, 0.3) is 87.6 Å². The summed E-state index contributed by atoms with van der Waals surface area (Å²) in [5.41, 5.74) is 17.6. The molecular formula is C53H40. The largest absolute Gasteiger partial charge is 0.0622 e. The minimum atomic E-state index is -0.142. The molecule has 0 heterocycles. The standard InChI is InChI=1S/C53H40/c1-31-28-46-50(35-21-13-12-20-34(31)35)42-30-44-41(29-45(42)53(46,4)5)49-38-24-25-40-47(32-16-8-6-9-17-32)36-22-14-15-23-37(36)48(33-18-10-7-11-19-33)51(40)39(38)26-27-43(49)52(44,2)3/h6-30H,1-5H3. The van der Waals surface area contributed by atoms with Crippen molar-refractivity contribution in [3.05, 3.63) is 179 Å². The Bertz CT molecular complexity index is 3030. The van der Waals surface area contributed by atoms with Crippen LogP contribution in [0.5, 0.6) is 0 Å². The van der Waals surface area contributed by atoms with E-state index >= 15 is 0 Å². The SMILES string of the molecule is Cc1cc2c(c3ccccc13)-c1cc3c(cc1C2(C)C)-c1c(ccc2c1ccc1c(-c4ccccc4)c4ccccc4c(-c4ccccc4)c12)C3(C)C. The fourth-order valence-electron chi connectivity index (χ4n) is 10.4. The molecule has 9 aromatic carbocycles. The summed E-state index contributed by atoms with van der Waals surface area (Å²) in [7, 11) is 0. The van der Waals surface area contributed by atoms with E-state index < -0.39 is 0 Å². The molecule has 0 unspecified atom stereocenters. The number of rotatable bonds is 2. The van der Waals surface area contributed by atoms with Crippen LogP contribution < -0.4 is 0 Å². The third-order valence-electron chi connectivity index (χ3n) is 13.0. The van der Waals surface area contributed by atoms with E-state index in [2.05, 4.69) is 186 Å². The highest BCUT2D eigenvalue weighted by molar-refractivity contribution is 6.29. The van der Waals surface area contributed by atoms with Crippen LogP contribution in [0.15, 0.2) is 152 Å². The topological polar surface area (TPSA) is 0 Å². The van der Waals surface area contributed by atoms with Gasteiger partial charge in [-0.15, -0.1) is 0 Å². The van der Waals surface area contributed by atoms with Gasteiger partial charge in [0.25, 0.3) is 0 Å². The molecule has 0 N–H and O–H groups in total. The van der Waals surface area contributed by atoms with E-state index in [1.165, 1.54) is 115 Å². The van der Waals surface area contributed by atoms with Gasteiger partial charge in [0.1, 0.15) is 0 Å². The van der Waals surface area contributed by atoms with Gasteiger partial charge in [-0.05, 0) is 134 Å². The molecule has 0 amide bonds. The van der Waals surface area contributed by atoms with Gasteiger partial charge in [-0.1, -0.05) is 167 Å². The molecule has 53 heavy (non-hydrogen) atoms. The zero-order valence-electron chi connectivity index (χ0n) is 30.9. The first-order chi connectivity index (χ1) is 25.7. The quantitative estimate of drug-likeness (QED) is 0.126. The smallest absolute Gasteiger partial charge is 0.0159 e. The molecule has 0 fully saturated rings. The Balaban J connectivity index is 1.27. The number of hydrogen-bond donors (Lipinski definition) is 0. The van der Waals surface area contributed by atoms with Crippen LogP contribution in [0.2, 0.25) is 0 Å². The molecular weight excluding hydrogens is 637 g/mol. The second-order valence-electron chi connectivity index (χ2n) is 16.5. The second kappa shape index (κ2) is 10.6. The molecule has 0 radical (unpaired) electrons. The lowest BCUT2D eigenvalue weighted by molar-refractivity contribution is 0.652.